The Bertz CT molecular complexity index is 296. The molecule has 0 bridgehead atoms. The van der Waals surface area contributed by atoms with Gasteiger partial charge in [0.2, 0.25) is 0 Å². The number of amides is 1. The summed E-state index contributed by atoms with van der Waals surface area (Å²) in [6, 6.07) is 1.40. The molecular formula is C10H17N3O2. The minimum Gasteiger partial charge on any atom is -0.394 e. The van der Waals surface area contributed by atoms with Crippen LogP contribution in [0, 0.1) is 5.92 Å². The van der Waals surface area contributed by atoms with Crippen molar-refractivity contribution in [3.05, 3.63) is 18.0 Å². The Kier molecular flexibility index (Phi) is 4.30. The molecule has 1 aromatic rings. The van der Waals surface area contributed by atoms with Gasteiger partial charge in [-0.25, -0.2) is 0 Å². The van der Waals surface area contributed by atoms with E-state index in [2.05, 4.69) is 15.5 Å². The van der Waals surface area contributed by atoms with Crippen molar-refractivity contribution in [1.29, 1.82) is 0 Å². The highest BCUT2D eigenvalue weighted by molar-refractivity contribution is 5.92. The van der Waals surface area contributed by atoms with Gasteiger partial charge in [-0.15, -0.1) is 0 Å². The highest BCUT2D eigenvalue weighted by Gasteiger charge is 2.14. The number of nitrogens with zero attached hydrogens (tertiary/aromatic N) is 1. The minimum atomic E-state index is -0.229. The van der Waals surface area contributed by atoms with Crippen LogP contribution in [-0.4, -0.2) is 33.9 Å². The lowest BCUT2D eigenvalue weighted by atomic mass is 10.0. The van der Waals surface area contributed by atoms with Gasteiger partial charge < -0.3 is 10.4 Å². The zero-order chi connectivity index (χ0) is 11.3. The monoisotopic (exact) mass is 211 g/mol. The van der Waals surface area contributed by atoms with E-state index in [0.29, 0.717) is 11.6 Å². The first-order valence-electron chi connectivity index (χ1n) is 5.04. The second-order valence-electron chi connectivity index (χ2n) is 3.95. The van der Waals surface area contributed by atoms with Gasteiger partial charge in [-0.3, -0.25) is 9.89 Å². The maximum absolute atomic E-state index is 11.6. The quantitative estimate of drug-likeness (QED) is 0.665. The molecule has 0 aliphatic carbocycles. The van der Waals surface area contributed by atoms with Crippen LogP contribution in [0.4, 0.5) is 0 Å². The van der Waals surface area contributed by atoms with E-state index < -0.39 is 0 Å². The number of aliphatic hydroxyl groups is 1. The van der Waals surface area contributed by atoms with Crippen LogP contribution in [0.3, 0.4) is 0 Å². The van der Waals surface area contributed by atoms with Gasteiger partial charge in [0, 0.05) is 6.20 Å². The van der Waals surface area contributed by atoms with Gasteiger partial charge in [0.05, 0.1) is 12.6 Å². The number of carbonyl (C=O) groups is 1. The standard InChI is InChI=1S/C10H17N3O2/c1-7(2)5-8(6-14)12-10(15)9-3-4-11-13-9/h3-4,7-8,14H,5-6H2,1-2H3,(H,11,13)(H,12,15). The molecule has 0 fully saturated rings. The molecule has 84 valence electrons. The number of hydrogen-bond donors (Lipinski definition) is 3. The van der Waals surface area contributed by atoms with E-state index in [1.807, 2.05) is 13.8 Å². The lowest BCUT2D eigenvalue weighted by Gasteiger charge is -2.17. The summed E-state index contributed by atoms with van der Waals surface area (Å²) in [7, 11) is 0. The Hall–Kier alpha value is -1.36. The van der Waals surface area contributed by atoms with Crippen LogP contribution in [0.2, 0.25) is 0 Å². The van der Waals surface area contributed by atoms with Gasteiger partial charge in [-0.1, -0.05) is 13.8 Å². The number of aromatic amines is 1. The van der Waals surface area contributed by atoms with E-state index in [-0.39, 0.29) is 18.6 Å². The summed E-state index contributed by atoms with van der Waals surface area (Å²) in [5, 5.41) is 18.1. The molecule has 1 unspecified atom stereocenters. The van der Waals surface area contributed by atoms with Gasteiger partial charge in [0.25, 0.3) is 5.91 Å². The molecule has 1 atom stereocenters. The third-order valence-electron chi connectivity index (χ3n) is 2.06. The molecule has 1 amide bonds. The molecule has 0 saturated heterocycles. The normalized spacial score (nSPS) is 12.8. The lowest BCUT2D eigenvalue weighted by molar-refractivity contribution is 0.0903. The van der Waals surface area contributed by atoms with E-state index in [1.165, 1.54) is 6.20 Å². The van der Waals surface area contributed by atoms with Crippen LogP contribution >= 0.6 is 0 Å². The molecule has 1 rings (SSSR count). The van der Waals surface area contributed by atoms with Crippen molar-refractivity contribution in [2.75, 3.05) is 6.61 Å². The van der Waals surface area contributed by atoms with Crippen molar-refractivity contribution in [3.8, 4) is 0 Å². The Morgan fingerprint density at radius 2 is 2.40 bits per heavy atom. The molecule has 1 heterocycles. The predicted octanol–water partition coefficient (Wildman–Crippen LogP) is 0.546. The van der Waals surface area contributed by atoms with Crippen molar-refractivity contribution in [2.45, 2.75) is 26.3 Å². The number of aromatic nitrogens is 2. The largest absolute Gasteiger partial charge is 0.394 e. The van der Waals surface area contributed by atoms with Crippen LogP contribution in [0.15, 0.2) is 12.3 Å². The second-order valence-corrected chi connectivity index (χ2v) is 3.95. The first-order valence-corrected chi connectivity index (χ1v) is 5.04. The maximum Gasteiger partial charge on any atom is 0.269 e. The molecule has 0 saturated carbocycles. The SMILES string of the molecule is CC(C)CC(CO)NC(=O)c1ccn[nH]1. The smallest absolute Gasteiger partial charge is 0.269 e. The van der Waals surface area contributed by atoms with E-state index in [0.717, 1.165) is 6.42 Å². The van der Waals surface area contributed by atoms with Gasteiger partial charge in [-0.05, 0) is 18.4 Å². The fourth-order valence-electron chi connectivity index (χ4n) is 1.39. The van der Waals surface area contributed by atoms with E-state index in [4.69, 9.17) is 5.11 Å². The predicted molar refractivity (Wildman–Crippen MR) is 56.4 cm³/mol. The molecule has 5 nitrogen and oxygen atoms in total. The molecule has 0 spiro atoms. The fourth-order valence-corrected chi connectivity index (χ4v) is 1.39. The van der Waals surface area contributed by atoms with Crippen LogP contribution < -0.4 is 5.32 Å². The highest BCUT2D eigenvalue weighted by Crippen LogP contribution is 2.04. The third kappa shape index (κ3) is 3.71. The zero-order valence-corrected chi connectivity index (χ0v) is 9.03. The first-order chi connectivity index (χ1) is 7.13. The summed E-state index contributed by atoms with van der Waals surface area (Å²) in [4.78, 5) is 11.6. The Morgan fingerprint density at radius 3 is 2.87 bits per heavy atom. The Morgan fingerprint density at radius 1 is 1.67 bits per heavy atom. The highest BCUT2D eigenvalue weighted by atomic mass is 16.3. The van der Waals surface area contributed by atoms with E-state index >= 15 is 0 Å². The minimum absolute atomic E-state index is 0.0436. The summed E-state index contributed by atoms with van der Waals surface area (Å²) in [6.45, 7) is 4.05. The molecule has 1 aromatic heterocycles. The number of nitrogens with one attached hydrogen (secondary N) is 2. The topological polar surface area (TPSA) is 78.0 Å². The zero-order valence-electron chi connectivity index (χ0n) is 9.03. The van der Waals surface area contributed by atoms with E-state index in [1.54, 1.807) is 6.07 Å². The van der Waals surface area contributed by atoms with Crippen molar-refractivity contribution in [1.82, 2.24) is 15.5 Å². The molecule has 0 radical (unpaired) electrons. The number of hydrogen-bond acceptors (Lipinski definition) is 3. The molecule has 3 N–H and O–H groups in total. The summed E-state index contributed by atoms with van der Waals surface area (Å²) in [5.41, 5.74) is 0.414. The number of H-pyrrole nitrogens is 1. The number of carbonyl (C=O) groups excluding carboxylic acids is 1. The molecule has 5 heteroatoms. The van der Waals surface area contributed by atoms with Crippen LogP contribution in [0.1, 0.15) is 30.8 Å². The van der Waals surface area contributed by atoms with Gasteiger partial charge in [0.1, 0.15) is 5.69 Å². The summed E-state index contributed by atoms with van der Waals surface area (Å²) >= 11 is 0. The van der Waals surface area contributed by atoms with Crippen LogP contribution in [0.25, 0.3) is 0 Å². The van der Waals surface area contributed by atoms with Crippen molar-refractivity contribution in [2.24, 2.45) is 5.92 Å². The van der Waals surface area contributed by atoms with Crippen molar-refractivity contribution in [3.63, 3.8) is 0 Å². The molecule has 0 aromatic carbocycles. The van der Waals surface area contributed by atoms with Gasteiger partial charge in [0.15, 0.2) is 0 Å². The molecule has 0 aliphatic heterocycles. The average molecular weight is 211 g/mol. The van der Waals surface area contributed by atoms with E-state index in [9.17, 15) is 4.79 Å². The Balaban J connectivity index is 2.48. The fraction of sp³-hybridized carbons (Fsp3) is 0.600. The number of aliphatic hydroxyl groups excluding tert-OH is 1. The second kappa shape index (κ2) is 5.50. The summed E-state index contributed by atoms with van der Waals surface area (Å²) in [6.07, 6.45) is 2.28. The van der Waals surface area contributed by atoms with Crippen LogP contribution in [0.5, 0.6) is 0 Å². The van der Waals surface area contributed by atoms with Crippen LogP contribution in [-0.2, 0) is 0 Å². The van der Waals surface area contributed by atoms with Gasteiger partial charge >= 0.3 is 0 Å². The molecule has 0 aliphatic rings. The third-order valence-corrected chi connectivity index (χ3v) is 2.06. The lowest BCUT2D eigenvalue weighted by Crippen LogP contribution is -2.38. The summed E-state index contributed by atoms with van der Waals surface area (Å²) < 4.78 is 0. The molecule has 15 heavy (non-hydrogen) atoms. The van der Waals surface area contributed by atoms with Crippen molar-refractivity contribution >= 4 is 5.91 Å². The van der Waals surface area contributed by atoms with Crippen molar-refractivity contribution < 1.29 is 9.90 Å². The average Bonchev–Trinajstić information content (AvgIpc) is 2.68. The molecular weight excluding hydrogens is 194 g/mol. The van der Waals surface area contributed by atoms with Gasteiger partial charge in [-0.2, -0.15) is 5.10 Å². The number of rotatable bonds is 5. The Labute approximate surface area is 88.9 Å². The maximum atomic E-state index is 11.6. The first kappa shape index (κ1) is 11.7. The summed E-state index contributed by atoms with van der Waals surface area (Å²) in [5.74, 6) is 0.205.